The quantitative estimate of drug-likeness (QED) is 0.551. The first-order valence-corrected chi connectivity index (χ1v) is 11.2. The van der Waals surface area contributed by atoms with Gasteiger partial charge in [-0.1, -0.05) is 0 Å². The SMILES string of the molecule is CS(=O)(=O)c1ccc(C(=O)N2CCCCC2C(=O)N2CCCC2)cc1[N+](=O)[O-]. The van der Waals surface area contributed by atoms with Crippen LogP contribution >= 0.6 is 0 Å². The fourth-order valence-electron chi connectivity index (χ4n) is 3.85. The molecule has 1 atom stereocenters. The average Bonchev–Trinajstić information content (AvgIpc) is 3.20. The van der Waals surface area contributed by atoms with E-state index in [1.165, 1.54) is 11.0 Å². The molecule has 2 fully saturated rings. The maximum atomic E-state index is 13.0. The Balaban J connectivity index is 1.91. The molecule has 0 aromatic heterocycles. The van der Waals surface area contributed by atoms with Gasteiger partial charge in [-0.2, -0.15) is 0 Å². The molecule has 2 aliphatic rings. The summed E-state index contributed by atoms with van der Waals surface area (Å²) in [7, 11) is -3.81. The van der Waals surface area contributed by atoms with Gasteiger partial charge in [0.2, 0.25) is 5.91 Å². The van der Waals surface area contributed by atoms with Crippen LogP contribution in [0.5, 0.6) is 0 Å². The minimum atomic E-state index is -3.81. The molecule has 1 aromatic rings. The highest BCUT2D eigenvalue weighted by Gasteiger charge is 2.36. The molecule has 10 heteroatoms. The highest BCUT2D eigenvalue weighted by molar-refractivity contribution is 7.90. The van der Waals surface area contributed by atoms with Crippen LogP contribution in [-0.2, 0) is 14.6 Å². The van der Waals surface area contributed by atoms with Gasteiger partial charge in [0.15, 0.2) is 9.84 Å². The highest BCUT2D eigenvalue weighted by atomic mass is 32.2. The van der Waals surface area contributed by atoms with E-state index in [9.17, 15) is 28.1 Å². The molecule has 0 N–H and O–H groups in total. The number of hydrogen-bond acceptors (Lipinski definition) is 6. The first-order valence-electron chi connectivity index (χ1n) is 9.28. The van der Waals surface area contributed by atoms with Crippen molar-refractivity contribution in [3.05, 3.63) is 33.9 Å². The molecule has 152 valence electrons. The molecule has 1 unspecified atom stereocenters. The van der Waals surface area contributed by atoms with Crippen molar-refractivity contribution >= 4 is 27.3 Å². The van der Waals surface area contributed by atoms with E-state index in [1.807, 2.05) is 0 Å². The van der Waals surface area contributed by atoms with Crippen molar-refractivity contribution in [2.45, 2.75) is 43.0 Å². The zero-order chi connectivity index (χ0) is 20.5. The van der Waals surface area contributed by atoms with E-state index in [1.54, 1.807) is 4.90 Å². The molecule has 0 aliphatic carbocycles. The maximum absolute atomic E-state index is 13.0. The highest BCUT2D eigenvalue weighted by Crippen LogP contribution is 2.28. The van der Waals surface area contributed by atoms with E-state index < -0.39 is 37.3 Å². The summed E-state index contributed by atoms with van der Waals surface area (Å²) in [6.45, 7) is 1.77. The van der Waals surface area contributed by atoms with Gasteiger partial charge in [0.05, 0.1) is 4.92 Å². The third-order valence-electron chi connectivity index (χ3n) is 5.27. The molecular weight excluding hydrogens is 386 g/mol. The number of rotatable bonds is 4. The minimum absolute atomic E-state index is 0.0141. The lowest BCUT2D eigenvalue weighted by molar-refractivity contribution is -0.387. The number of nitro groups is 1. The number of amides is 2. The fourth-order valence-corrected chi connectivity index (χ4v) is 4.68. The Kier molecular flexibility index (Phi) is 5.69. The van der Waals surface area contributed by atoms with Crippen LogP contribution in [-0.4, -0.2) is 66.9 Å². The number of likely N-dealkylation sites (tertiary alicyclic amines) is 2. The maximum Gasteiger partial charge on any atom is 0.288 e. The molecule has 9 nitrogen and oxygen atoms in total. The van der Waals surface area contributed by atoms with Gasteiger partial charge in [0, 0.05) is 37.5 Å². The van der Waals surface area contributed by atoms with Gasteiger partial charge in [-0.3, -0.25) is 19.7 Å². The second-order valence-electron chi connectivity index (χ2n) is 7.25. The predicted octanol–water partition coefficient (Wildman–Crippen LogP) is 1.62. The van der Waals surface area contributed by atoms with E-state index >= 15 is 0 Å². The lowest BCUT2D eigenvalue weighted by Gasteiger charge is -2.36. The predicted molar refractivity (Wildman–Crippen MR) is 101 cm³/mol. The van der Waals surface area contributed by atoms with Crippen molar-refractivity contribution in [3.8, 4) is 0 Å². The summed E-state index contributed by atoms with van der Waals surface area (Å²) in [6, 6.07) is 2.78. The van der Waals surface area contributed by atoms with Gasteiger partial charge in [-0.05, 0) is 44.2 Å². The number of nitrogens with zero attached hydrogens (tertiary/aromatic N) is 3. The third kappa shape index (κ3) is 4.01. The van der Waals surface area contributed by atoms with Gasteiger partial charge in [0.1, 0.15) is 10.9 Å². The number of sulfone groups is 1. The second kappa shape index (κ2) is 7.86. The van der Waals surface area contributed by atoms with Crippen LogP contribution in [0.3, 0.4) is 0 Å². The van der Waals surface area contributed by atoms with Crippen LogP contribution < -0.4 is 0 Å². The van der Waals surface area contributed by atoms with Crippen molar-refractivity contribution in [1.29, 1.82) is 0 Å². The summed E-state index contributed by atoms with van der Waals surface area (Å²) < 4.78 is 23.6. The van der Waals surface area contributed by atoms with Crippen molar-refractivity contribution in [2.24, 2.45) is 0 Å². The Bertz CT molecular complexity index is 908. The largest absolute Gasteiger partial charge is 0.341 e. The van der Waals surface area contributed by atoms with Crippen LogP contribution in [0.4, 0.5) is 5.69 Å². The van der Waals surface area contributed by atoms with E-state index in [0.29, 0.717) is 26.1 Å². The van der Waals surface area contributed by atoms with Crippen molar-refractivity contribution < 1.29 is 22.9 Å². The average molecular weight is 409 g/mol. The van der Waals surface area contributed by atoms with E-state index in [2.05, 4.69) is 0 Å². The van der Waals surface area contributed by atoms with Crippen molar-refractivity contribution in [2.75, 3.05) is 25.9 Å². The molecule has 3 rings (SSSR count). The summed E-state index contributed by atoms with van der Waals surface area (Å²) in [5, 5.41) is 11.3. The Morgan fingerprint density at radius 3 is 2.36 bits per heavy atom. The number of hydrogen-bond donors (Lipinski definition) is 0. The fraction of sp³-hybridized carbons (Fsp3) is 0.556. The zero-order valence-electron chi connectivity index (χ0n) is 15.7. The second-order valence-corrected chi connectivity index (χ2v) is 9.24. The number of carbonyl (C=O) groups is 2. The van der Waals surface area contributed by atoms with Gasteiger partial charge < -0.3 is 9.80 Å². The van der Waals surface area contributed by atoms with Crippen LogP contribution in [0.2, 0.25) is 0 Å². The lowest BCUT2D eigenvalue weighted by atomic mass is 9.99. The van der Waals surface area contributed by atoms with Gasteiger partial charge >= 0.3 is 0 Å². The molecule has 0 radical (unpaired) electrons. The number of piperidine rings is 1. The van der Waals surface area contributed by atoms with Crippen molar-refractivity contribution in [1.82, 2.24) is 9.80 Å². The van der Waals surface area contributed by atoms with Crippen LogP contribution in [0.25, 0.3) is 0 Å². The molecule has 2 heterocycles. The Morgan fingerprint density at radius 1 is 1.11 bits per heavy atom. The number of benzene rings is 1. The summed E-state index contributed by atoms with van der Waals surface area (Å²) in [4.78, 5) is 39.2. The molecule has 0 bridgehead atoms. The zero-order valence-corrected chi connectivity index (χ0v) is 16.5. The standard InChI is InChI=1S/C18H23N3O6S/c1-28(26,27)16-8-7-13(12-15(16)21(24)25)17(22)20-11-3-2-6-14(20)18(23)19-9-4-5-10-19/h7-8,12,14H,2-6,9-11H2,1H3. The van der Waals surface area contributed by atoms with Gasteiger partial charge in [-0.25, -0.2) is 8.42 Å². The smallest absolute Gasteiger partial charge is 0.288 e. The van der Waals surface area contributed by atoms with Crippen molar-refractivity contribution in [3.63, 3.8) is 0 Å². The van der Waals surface area contributed by atoms with Gasteiger partial charge in [-0.15, -0.1) is 0 Å². The lowest BCUT2D eigenvalue weighted by Crippen LogP contribution is -2.52. The first kappa shape index (κ1) is 20.2. The van der Waals surface area contributed by atoms with Crippen LogP contribution in [0.15, 0.2) is 23.1 Å². The van der Waals surface area contributed by atoms with Crippen LogP contribution in [0, 0.1) is 10.1 Å². The summed E-state index contributed by atoms with van der Waals surface area (Å²) in [6.07, 6.45) is 4.92. The van der Waals surface area contributed by atoms with Crippen LogP contribution in [0.1, 0.15) is 42.5 Å². The minimum Gasteiger partial charge on any atom is -0.341 e. The topological polar surface area (TPSA) is 118 Å². The third-order valence-corrected chi connectivity index (χ3v) is 6.41. The number of nitro benzene ring substituents is 1. The number of carbonyl (C=O) groups excluding carboxylic acids is 2. The molecular formula is C18H23N3O6S. The Hall–Kier alpha value is -2.49. The van der Waals surface area contributed by atoms with E-state index in [0.717, 1.165) is 44.1 Å². The van der Waals surface area contributed by atoms with E-state index in [4.69, 9.17) is 0 Å². The van der Waals surface area contributed by atoms with E-state index in [-0.39, 0.29) is 11.5 Å². The molecule has 0 spiro atoms. The summed E-state index contributed by atoms with van der Waals surface area (Å²) >= 11 is 0. The Labute approximate surface area is 163 Å². The molecule has 2 amide bonds. The first-order chi connectivity index (χ1) is 13.2. The molecule has 28 heavy (non-hydrogen) atoms. The normalized spacial score (nSPS) is 20.2. The molecule has 0 saturated carbocycles. The monoisotopic (exact) mass is 409 g/mol. The molecule has 1 aromatic carbocycles. The molecule has 2 aliphatic heterocycles. The summed E-state index contributed by atoms with van der Waals surface area (Å²) in [5.41, 5.74) is -0.618. The Morgan fingerprint density at radius 2 is 1.75 bits per heavy atom. The summed E-state index contributed by atoms with van der Waals surface area (Å²) in [5.74, 6) is -0.562. The van der Waals surface area contributed by atoms with Gasteiger partial charge in [0.25, 0.3) is 11.6 Å². The molecule has 2 saturated heterocycles.